The van der Waals surface area contributed by atoms with Crippen molar-refractivity contribution in [2.45, 2.75) is 129 Å². The van der Waals surface area contributed by atoms with E-state index in [0.717, 1.165) is 19.3 Å². The summed E-state index contributed by atoms with van der Waals surface area (Å²) in [5, 5.41) is 8.68. The van der Waals surface area contributed by atoms with Gasteiger partial charge in [-0.3, -0.25) is 4.79 Å². The molecule has 0 aliphatic carbocycles. The first-order valence-electron chi connectivity index (χ1n) is 11.6. The third-order valence-electron chi connectivity index (χ3n) is 5.05. The van der Waals surface area contributed by atoms with Crippen molar-refractivity contribution >= 4 is 11.9 Å². The Morgan fingerprint density at radius 2 is 1.18 bits per heavy atom. The number of hydrogen-bond acceptors (Lipinski definition) is 3. The van der Waals surface area contributed by atoms with Crippen LogP contribution in [0, 0.1) is 0 Å². The van der Waals surface area contributed by atoms with Crippen LogP contribution < -0.4 is 0 Å². The molecule has 0 saturated heterocycles. The highest BCUT2D eigenvalue weighted by Crippen LogP contribution is 2.12. The van der Waals surface area contributed by atoms with Crippen LogP contribution in [-0.4, -0.2) is 23.1 Å². The van der Waals surface area contributed by atoms with Crippen molar-refractivity contribution in [1.82, 2.24) is 0 Å². The lowest BCUT2D eigenvalue weighted by atomic mass is 10.1. The van der Waals surface area contributed by atoms with Gasteiger partial charge in [0.15, 0.2) is 6.10 Å². The zero-order chi connectivity index (χ0) is 20.9. The molecule has 0 radical (unpaired) electrons. The van der Waals surface area contributed by atoms with E-state index >= 15 is 0 Å². The SMILES string of the molecule is CCCCCCCCC/C=C\CCCCCCCCCC(=O)OC(C)C(=O)O. The van der Waals surface area contributed by atoms with Crippen LogP contribution in [0.3, 0.4) is 0 Å². The molecular formula is C24H44O4. The number of carboxylic acids is 1. The summed E-state index contributed by atoms with van der Waals surface area (Å²) in [6, 6.07) is 0. The standard InChI is InChI=1S/C24H44O4/c1-3-4-5-6-7-8-9-10-11-12-13-14-15-16-17-18-19-20-21-23(25)28-22(2)24(26)27/h11-12,22H,3-10,13-21H2,1-2H3,(H,26,27)/b12-11-. The molecule has 4 heteroatoms. The van der Waals surface area contributed by atoms with E-state index in [1.807, 2.05) is 0 Å². The van der Waals surface area contributed by atoms with Gasteiger partial charge < -0.3 is 9.84 Å². The van der Waals surface area contributed by atoms with Gasteiger partial charge in [-0.15, -0.1) is 0 Å². The monoisotopic (exact) mass is 396 g/mol. The van der Waals surface area contributed by atoms with Crippen LogP contribution in [-0.2, 0) is 14.3 Å². The number of carbonyl (C=O) groups excluding carboxylic acids is 1. The Kier molecular flexibility index (Phi) is 19.5. The predicted octanol–water partition coefficient (Wildman–Crippen LogP) is 7.21. The summed E-state index contributed by atoms with van der Waals surface area (Å²) in [6.07, 6.45) is 24.0. The van der Waals surface area contributed by atoms with E-state index < -0.39 is 18.0 Å². The highest BCUT2D eigenvalue weighted by Gasteiger charge is 2.15. The van der Waals surface area contributed by atoms with E-state index in [4.69, 9.17) is 9.84 Å². The van der Waals surface area contributed by atoms with Gasteiger partial charge in [0.1, 0.15) is 0 Å². The van der Waals surface area contributed by atoms with Crippen molar-refractivity contribution in [2.24, 2.45) is 0 Å². The molecule has 0 heterocycles. The molecule has 0 fully saturated rings. The summed E-state index contributed by atoms with van der Waals surface area (Å²) in [4.78, 5) is 22.0. The Hall–Kier alpha value is -1.32. The first kappa shape index (κ1) is 26.7. The number of esters is 1. The van der Waals surface area contributed by atoms with E-state index in [0.29, 0.717) is 6.42 Å². The van der Waals surface area contributed by atoms with Crippen LogP contribution in [0.15, 0.2) is 12.2 Å². The van der Waals surface area contributed by atoms with E-state index in [1.165, 1.54) is 90.4 Å². The molecule has 0 aliphatic heterocycles. The van der Waals surface area contributed by atoms with Gasteiger partial charge in [-0.05, 0) is 39.0 Å². The second-order valence-electron chi connectivity index (χ2n) is 7.87. The van der Waals surface area contributed by atoms with Crippen LogP contribution in [0.4, 0.5) is 0 Å². The van der Waals surface area contributed by atoms with Crippen molar-refractivity contribution in [3.63, 3.8) is 0 Å². The largest absolute Gasteiger partial charge is 0.479 e. The van der Waals surface area contributed by atoms with Gasteiger partial charge in [0.05, 0.1) is 0 Å². The van der Waals surface area contributed by atoms with Gasteiger partial charge in [0, 0.05) is 6.42 Å². The number of carbonyl (C=O) groups is 2. The minimum Gasteiger partial charge on any atom is -0.479 e. The minimum absolute atomic E-state index is 0.321. The second-order valence-corrected chi connectivity index (χ2v) is 7.87. The molecular weight excluding hydrogens is 352 g/mol. The van der Waals surface area contributed by atoms with Crippen LogP contribution >= 0.6 is 0 Å². The van der Waals surface area contributed by atoms with Gasteiger partial charge in [-0.1, -0.05) is 89.7 Å². The number of carboxylic acid groups (broad SMARTS) is 1. The maximum absolute atomic E-state index is 11.4. The van der Waals surface area contributed by atoms with E-state index in [9.17, 15) is 9.59 Å². The topological polar surface area (TPSA) is 63.6 Å². The normalized spacial score (nSPS) is 12.4. The molecule has 0 aromatic rings. The lowest BCUT2D eigenvalue weighted by Gasteiger charge is -2.08. The zero-order valence-corrected chi connectivity index (χ0v) is 18.4. The molecule has 0 amide bonds. The van der Waals surface area contributed by atoms with Crippen molar-refractivity contribution in [3.05, 3.63) is 12.2 Å². The van der Waals surface area contributed by atoms with E-state index in [-0.39, 0.29) is 0 Å². The zero-order valence-electron chi connectivity index (χ0n) is 18.4. The Morgan fingerprint density at radius 1 is 0.750 bits per heavy atom. The molecule has 0 rings (SSSR count). The fourth-order valence-corrected chi connectivity index (χ4v) is 3.18. The number of allylic oxidation sites excluding steroid dienone is 2. The Bertz CT molecular complexity index is 403. The van der Waals surface area contributed by atoms with Crippen LogP contribution in [0.25, 0.3) is 0 Å². The maximum atomic E-state index is 11.4. The summed E-state index contributed by atoms with van der Waals surface area (Å²) in [7, 11) is 0. The average molecular weight is 397 g/mol. The highest BCUT2D eigenvalue weighted by molar-refractivity contribution is 5.77. The van der Waals surface area contributed by atoms with Gasteiger partial charge in [-0.2, -0.15) is 0 Å². The summed E-state index contributed by atoms with van der Waals surface area (Å²) in [5.74, 6) is -1.50. The molecule has 0 bridgehead atoms. The second kappa shape index (κ2) is 20.4. The van der Waals surface area contributed by atoms with E-state index in [1.54, 1.807) is 0 Å². The van der Waals surface area contributed by atoms with Crippen molar-refractivity contribution in [3.8, 4) is 0 Å². The summed E-state index contributed by atoms with van der Waals surface area (Å²) >= 11 is 0. The molecule has 0 saturated carbocycles. The lowest BCUT2D eigenvalue weighted by molar-refractivity contribution is -0.162. The first-order chi connectivity index (χ1) is 13.6. The Balaban J connectivity index is 3.25. The molecule has 1 N–H and O–H groups in total. The summed E-state index contributed by atoms with van der Waals surface area (Å²) < 4.78 is 4.80. The fourth-order valence-electron chi connectivity index (χ4n) is 3.18. The van der Waals surface area contributed by atoms with Gasteiger partial charge in [-0.25, -0.2) is 4.79 Å². The number of unbranched alkanes of at least 4 members (excludes halogenated alkanes) is 14. The molecule has 0 aromatic carbocycles. The smallest absolute Gasteiger partial charge is 0.344 e. The number of hydrogen-bond donors (Lipinski definition) is 1. The summed E-state index contributed by atoms with van der Waals surface area (Å²) in [6.45, 7) is 3.64. The van der Waals surface area contributed by atoms with Crippen molar-refractivity contribution in [1.29, 1.82) is 0 Å². The Labute approximate surface area is 173 Å². The van der Waals surface area contributed by atoms with Crippen molar-refractivity contribution in [2.75, 3.05) is 0 Å². The molecule has 0 aliphatic rings. The van der Waals surface area contributed by atoms with Crippen LogP contribution in [0.5, 0.6) is 0 Å². The maximum Gasteiger partial charge on any atom is 0.344 e. The van der Waals surface area contributed by atoms with Gasteiger partial charge >= 0.3 is 11.9 Å². The molecule has 1 unspecified atom stereocenters. The molecule has 4 nitrogen and oxygen atoms in total. The van der Waals surface area contributed by atoms with Gasteiger partial charge in [0.25, 0.3) is 0 Å². The predicted molar refractivity (Wildman–Crippen MR) is 116 cm³/mol. The third-order valence-corrected chi connectivity index (χ3v) is 5.05. The lowest BCUT2D eigenvalue weighted by Crippen LogP contribution is -2.23. The number of rotatable bonds is 20. The van der Waals surface area contributed by atoms with Crippen molar-refractivity contribution < 1.29 is 19.4 Å². The molecule has 1 atom stereocenters. The molecule has 164 valence electrons. The molecule has 0 aromatic heterocycles. The van der Waals surface area contributed by atoms with Crippen LogP contribution in [0.1, 0.15) is 123 Å². The highest BCUT2D eigenvalue weighted by atomic mass is 16.6. The summed E-state index contributed by atoms with van der Waals surface area (Å²) in [5.41, 5.74) is 0. The quantitative estimate of drug-likeness (QED) is 0.134. The van der Waals surface area contributed by atoms with E-state index in [2.05, 4.69) is 19.1 Å². The Morgan fingerprint density at radius 3 is 1.64 bits per heavy atom. The average Bonchev–Trinajstić information content (AvgIpc) is 2.66. The molecule has 28 heavy (non-hydrogen) atoms. The first-order valence-corrected chi connectivity index (χ1v) is 11.6. The fraction of sp³-hybridized carbons (Fsp3) is 0.833. The van der Waals surface area contributed by atoms with Crippen LogP contribution in [0.2, 0.25) is 0 Å². The molecule has 0 spiro atoms. The van der Waals surface area contributed by atoms with Gasteiger partial charge in [0.2, 0.25) is 0 Å². The minimum atomic E-state index is -1.10. The number of aliphatic carboxylic acids is 1. The number of ether oxygens (including phenoxy) is 1. The third kappa shape index (κ3) is 19.4.